The van der Waals surface area contributed by atoms with Crippen LogP contribution >= 0.6 is 23.2 Å². The highest BCUT2D eigenvalue weighted by Gasteiger charge is 2.28. The number of aliphatic hydroxyl groups excluding tert-OH is 1. The van der Waals surface area contributed by atoms with E-state index in [4.69, 9.17) is 27.9 Å². The van der Waals surface area contributed by atoms with E-state index in [-0.39, 0.29) is 6.10 Å². The second-order valence-corrected chi connectivity index (χ2v) is 5.62. The van der Waals surface area contributed by atoms with Crippen molar-refractivity contribution in [1.82, 2.24) is 0 Å². The Bertz CT molecular complexity index is 640. The molecule has 1 aliphatic heterocycles. The smallest absolute Gasteiger partial charge is 0.127 e. The molecule has 1 aliphatic rings. The Hall–Kier alpha value is -1.29. The van der Waals surface area contributed by atoms with E-state index in [1.165, 1.54) is 18.2 Å². The fourth-order valence-electron chi connectivity index (χ4n) is 2.38. The molecular weight excluding hydrogens is 302 g/mol. The van der Waals surface area contributed by atoms with Gasteiger partial charge in [-0.05, 0) is 42.0 Å². The molecule has 2 aromatic rings. The average Bonchev–Trinajstić information content (AvgIpc) is 2.38. The zero-order valence-electron chi connectivity index (χ0n) is 10.3. The molecule has 2 nitrogen and oxygen atoms in total. The zero-order chi connectivity index (χ0) is 14.3. The molecule has 2 aromatic carbocycles. The molecule has 3 rings (SSSR count). The third-order valence-corrected chi connectivity index (χ3v) is 3.73. The van der Waals surface area contributed by atoms with E-state index in [0.717, 1.165) is 5.56 Å². The summed E-state index contributed by atoms with van der Waals surface area (Å²) < 4.78 is 19.0. The van der Waals surface area contributed by atoms with Crippen molar-refractivity contribution in [3.05, 3.63) is 63.4 Å². The van der Waals surface area contributed by atoms with Crippen LogP contribution in [0, 0.1) is 5.82 Å². The number of hydrogen-bond acceptors (Lipinski definition) is 2. The number of halogens is 3. The van der Waals surface area contributed by atoms with E-state index in [1.807, 2.05) is 0 Å². The van der Waals surface area contributed by atoms with Crippen molar-refractivity contribution in [3.8, 4) is 5.75 Å². The molecule has 0 aliphatic carbocycles. The molecule has 0 fully saturated rings. The highest BCUT2D eigenvalue weighted by molar-refractivity contribution is 6.34. The van der Waals surface area contributed by atoms with Crippen LogP contribution in [0.3, 0.4) is 0 Å². The molecule has 5 heteroatoms. The number of benzene rings is 2. The quantitative estimate of drug-likeness (QED) is 0.827. The third kappa shape index (κ3) is 2.62. The van der Waals surface area contributed by atoms with Gasteiger partial charge in [0.1, 0.15) is 17.7 Å². The van der Waals surface area contributed by atoms with Crippen molar-refractivity contribution in [2.24, 2.45) is 0 Å². The van der Waals surface area contributed by atoms with Crippen LogP contribution in [0.15, 0.2) is 36.4 Å². The zero-order valence-corrected chi connectivity index (χ0v) is 11.8. The predicted octanol–water partition coefficient (Wildman–Crippen LogP) is 4.69. The molecule has 0 aromatic heterocycles. The van der Waals surface area contributed by atoms with Crippen LogP contribution in [-0.4, -0.2) is 5.11 Å². The Morgan fingerprint density at radius 2 is 1.80 bits per heavy atom. The van der Waals surface area contributed by atoms with Gasteiger partial charge in [-0.2, -0.15) is 0 Å². The monoisotopic (exact) mass is 312 g/mol. The Balaban J connectivity index is 1.96. The summed E-state index contributed by atoms with van der Waals surface area (Å²) in [4.78, 5) is 0. The molecule has 1 heterocycles. The number of ether oxygens (including phenoxy) is 1. The summed E-state index contributed by atoms with van der Waals surface area (Å²) in [6.07, 6.45) is -0.816. The van der Waals surface area contributed by atoms with Crippen molar-refractivity contribution in [1.29, 1.82) is 0 Å². The lowest BCUT2D eigenvalue weighted by Gasteiger charge is -2.30. The number of aliphatic hydroxyl groups is 1. The lowest BCUT2D eigenvalue weighted by molar-refractivity contribution is 0.0653. The summed E-state index contributed by atoms with van der Waals surface area (Å²) in [6.45, 7) is 0. The van der Waals surface area contributed by atoms with Gasteiger partial charge in [-0.1, -0.05) is 23.2 Å². The van der Waals surface area contributed by atoms with Crippen molar-refractivity contribution < 1.29 is 14.2 Å². The van der Waals surface area contributed by atoms with Gasteiger partial charge in [0.2, 0.25) is 0 Å². The van der Waals surface area contributed by atoms with Crippen LogP contribution in [0.25, 0.3) is 0 Å². The minimum atomic E-state index is -0.780. The lowest BCUT2D eigenvalue weighted by Crippen LogP contribution is -2.19. The molecule has 1 unspecified atom stereocenters. The third-order valence-electron chi connectivity index (χ3n) is 3.29. The summed E-state index contributed by atoms with van der Waals surface area (Å²) in [5, 5.41) is 11.2. The topological polar surface area (TPSA) is 29.5 Å². The fraction of sp³-hybridized carbons (Fsp3) is 0.200. The first-order valence-corrected chi connectivity index (χ1v) is 6.88. The summed E-state index contributed by atoms with van der Waals surface area (Å²) >= 11 is 11.9. The van der Waals surface area contributed by atoms with Gasteiger partial charge in [0.05, 0.1) is 6.10 Å². The Kier molecular flexibility index (Phi) is 3.59. The largest absolute Gasteiger partial charge is 0.485 e. The van der Waals surface area contributed by atoms with Crippen LogP contribution in [0.1, 0.15) is 29.8 Å². The van der Waals surface area contributed by atoms with Crippen molar-refractivity contribution in [2.45, 2.75) is 18.6 Å². The molecule has 104 valence electrons. The first kappa shape index (κ1) is 13.7. The molecule has 0 radical (unpaired) electrons. The maximum atomic E-state index is 13.2. The maximum Gasteiger partial charge on any atom is 0.127 e. The highest BCUT2D eigenvalue weighted by Crippen LogP contribution is 2.41. The minimum Gasteiger partial charge on any atom is -0.485 e. The van der Waals surface area contributed by atoms with Crippen molar-refractivity contribution in [3.63, 3.8) is 0 Å². The normalized spacial score (nSPS) is 21.2. The van der Waals surface area contributed by atoms with E-state index in [9.17, 15) is 9.50 Å². The Morgan fingerprint density at radius 1 is 1.10 bits per heavy atom. The summed E-state index contributed by atoms with van der Waals surface area (Å²) in [5.41, 5.74) is 1.26. The molecule has 0 bridgehead atoms. The van der Waals surface area contributed by atoms with Gasteiger partial charge in [-0.25, -0.2) is 4.39 Å². The molecular formula is C15H11Cl2FO2. The standard InChI is InChI=1S/C15H11Cl2FO2/c16-9-3-8(4-10(17)5-9)15-7-13(19)12-6-11(18)1-2-14(12)20-15/h1-6,13,15,19H,7H2/t13-,15?/m0/s1. The van der Waals surface area contributed by atoms with Crippen LogP contribution in [0.4, 0.5) is 4.39 Å². The van der Waals surface area contributed by atoms with Gasteiger partial charge in [-0.15, -0.1) is 0 Å². The van der Waals surface area contributed by atoms with E-state index < -0.39 is 11.9 Å². The Labute approximate surface area is 125 Å². The van der Waals surface area contributed by atoms with Crippen LogP contribution < -0.4 is 4.74 Å². The molecule has 0 saturated carbocycles. The van der Waals surface area contributed by atoms with Crippen LogP contribution in [-0.2, 0) is 0 Å². The molecule has 0 amide bonds. The summed E-state index contributed by atoms with van der Waals surface area (Å²) in [6, 6.07) is 9.25. The average molecular weight is 313 g/mol. The van der Waals surface area contributed by atoms with Gasteiger partial charge >= 0.3 is 0 Å². The van der Waals surface area contributed by atoms with E-state index in [1.54, 1.807) is 18.2 Å². The fourth-order valence-corrected chi connectivity index (χ4v) is 2.93. The van der Waals surface area contributed by atoms with Gasteiger partial charge in [0.25, 0.3) is 0 Å². The predicted molar refractivity (Wildman–Crippen MR) is 75.8 cm³/mol. The van der Waals surface area contributed by atoms with Gasteiger partial charge in [0.15, 0.2) is 0 Å². The first-order chi connectivity index (χ1) is 9.52. The van der Waals surface area contributed by atoms with Gasteiger partial charge in [-0.3, -0.25) is 0 Å². The van der Waals surface area contributed by atoms with Gasteiger partial charge in [0, 0.05) is 22.0 Å². The molecule has 20 heavy (non-hydrogen) atoms. The summed E-state index contributed by atoms with van der Waals surface area (Å²) in [7, 11) is 0. The second-order valence-electron chi connectivity index (χ2n) is 4.74. The number of fused-ring (bicyclic) bond motifs is 1. The van der Waals surface area contributed by atoms with Crippen LogP contribution in [0.2, 0.25) is 10.0 Å². The molecule has 1 N–H and O–H groups in total. The van der Waals surface area contributed by atoms with Crippen LogP contribution in [0.5, 0.6) is 5.75 Å². The number of rotatable bonds is 1. The minimum absolute atomic E-state index is 0.327. The highest BCUT2D eigenvalue weighted by atomic mass is 35.5. The van der Waals surface area contributed by atoms with Crippen molar-refractivity contribution in [2.75, 3.05) is 0 Å². The maximum absolute atomic E-state index is 13.2. The van der Waals surface area contributed by atoms with E-state index in [0.29, 0.717) is 27.8 Å². The lowest BCUT2D eigenvalue weighted by atomic mass is 9.95. The van der Waals surface area contributed by atoms with E-state index >= 15 is 0 Å². The van der Waals surface area contributed by atoms with Gasteiger partial charge < -0.3 is 9.84 Å². The van der Waals surface area contributed by atoms with E-state index in [2.05, 4.69) is 0 Å². The SMILES string of the molecule is O[C@H]1CC(c2cc(Cl)cc(Cl)c2)Oc2ccc(F)cc21. The molecule has 2 atom stereocenters. The number of hydrogen-bond donors (Lipinski definition) is 1. The Morgan fingerprint density at radius 3 is 2.50 bits per heavy atom. The first-order valence-electron chi connectivity index (χ1n) is 6.13. The molecule has 0 spiro atoms. The summed E-state index contributed by atoms with van der Waals surface area (Å²) in [5.74, 6) is 0.0851. The van der Waals surface area contributed by atoms with Crippen molar-refractivity contribution >= 4 is 23.2 Å². The molecule has 0 saturated heterocycles. The second kappa shape index (κ2) is 5.24.